The van der Waals surface area contributed by atoms with E-state index < -0.39 is 0 Å². The van der Waals surface area contributed by atoms with Crippen LogP contribution in [0.25, 0.3) is 0 Å². The first-order valence-corrected chi connectivity index (χ1v) is 5.84. The predicted molar refractivity (Wildman–Crippen MR) is 55.9 cm³/mol. The lowest BCUT2D eigenvalue weighted by Gasteiger charge is -2.23. The van der Waals surface area contributed by atoms with E-state index in [4.69, 9.17) is 0 Å². The first-order valence-electron chi connectivity index (χ1n) is 5.84. The van der Waals surface area contributed by atoms with Crippen LogP contribution < -0.4 is 5.32 Å². The molecule has 0 aromatic rings. The Kier molecular flexibility index (Phi) is 3.23. The van der Waals surface area contributed by atoms with Crippen molar-refractivity contribution in [1.29, 1.82) is 0 Å². The van der Waals surface area contributed by atoms with E-state index >= 15 is 0 Å². The molecule has 0 amide bonds. The number of hydrogen-bond donors (Lipinski definition) is 1. The molecule has 0 radical (unpaired) electrons. The van der Waals surface area contributed by atoms with Crippen LogP contribution in [0.1, 0.15) is 32.6 Å². The fraction of sp³-hybridized carbons (Fsp3) is 1.00. The predicted octanol–water partition coefficient (Wildman–Crippen LogP) is 1.47. The van der Waals surface area contributed by atoms with Gasteiger partial charge in [0.05, 0.1) is 0 Å². The summed E-state index contributed by atoms with van der Waals surface area (Å²) in [7, 11) is 0. The van der Waals surface area contributed by atoms with Crippen LogP contribution in [0.2, 0.25) is 0 Å². The van der Waals surface area contributed by atoms with Crippen LogP contribution in [0.3, 0.4) is 0 Å². The molecule has 0 spiro atoms. The maximum Gasteiger partial charge on any atom is 0.0195 e. The van der Waals surface area contributed by atoms with Gasteiger partial charge in [-0.2, -0.15) is 0 Å². The molecule has 2 nitrogen and oxygen atoms in total. The molecule has 1 N–H and O–H groups in total. The standard InChI is InChI=1S/C11H22N2/c1-2-13(8-10-5-6-10)9-11-4-3-7-12-11/h10-12H,2-9H2,1H3. The van der Waals surface area contributed by atoms with Gasteiger partial charge in [0, 0.05) is 19.1 Å². The highest BCUT2D eigenvalue weighted by Gasteiger charge is 2.25. The molecule has 1 saturated heterocycles. The summed E-state index contributed by atoms with van der Waals surface area (Å²) >= 11 is 0. The molecule has 1 heterocycles. The van der Waals surface area contributed by atoms with Crippen molar-refractivity contribution < 1.29 is 0 Å². The van der Waals surface area contributed by atoms with Crippen molar-refractivity contribution in [1.82, 2.24) is 10.2 Å². The zero-order valence-corrected chi connectivity index (χ0v) is 8.76. The lowest BCUT2D eigenvalue weighted by Crippen LogP contribution is -2.38. The quantitative estimate of drug-likeness (QED) is 0.692. The van der Waals surface area contributed by atoms with E-state index in [0.29, 0.717) is 0 Å². The van der Waals surface area contributed by atoms with E-state index in [9.17, 15) is 0 Å². The van der Waals surface area contributed by atoms with E-state index in [1.54, 1.807) is 0 Å². The van der Waals surface area contributed by atoms with Crippen molar-refractivity contribution in [3.63, 3.8) is 0 Å². The van der Waals surface area contributed by atoms with Crippen LogP contribution in [-0.2, 0) is 0 Å². The summed E-state index contributed by atoms with van der Waals surface area (Å²) in [5.41, 5.74) is 0. The molecule has 1 saturated carbocycles. The second-order valence-electron chi connectivity index (χ2n) is 4.59. The van der Waals surface area contributed by atoms with E-state index in [1.165, 1.54) is 51.9 Å². The van der Waals surface area contributed by atoms with Crippen molar-refractivity contribution in [2.24, 2.45) is 5.92 Å². The van der Waals surface area contributed by atoms with E-state index in [-0.39, 0.29) is 0 Å². The zero-order valence-electron chi connectivity index (χ0n) is 8.76. The number of rotatable bonds is 5. The van der Waals surface area contributed by atoms with Gasteiger partial charge in [-0.3, -0.25) is 0 Å². The molecule has 2 aliphatic rings. The summed E-state index contributed by atoms with van der Waals surface area (Å²) in [6.45, 7) is 7.40. The SMILES string of the molecule is CCN(CC1CC1)CC1CCCN1. The van der Waals surface area contributed by atoms with E-state index in [2.05, 4.69) is 17.1 Å². The summed E-state index contributed by atoms with van der Waals surface area (Å²) in [4.78, 5) is 2.63. The van der Waals surface area contributed by atoms with Crippen LogP contribution in [0.5, 0.6) is 0 Å². The number of nitrogens with one attached hydrogen (secondary N) is 1. The van der Waals surface area contributed by atoms with Gasteiger partial charge in [0.25, 0.3) is 0 Å². The van der Waals surface area contributed by atoms with E-state index in [1.807, 2.05) is 0 Å². The summed E-state index contributed by atoms with van der Waals surface area (Å²) in [6, 6.07) is 0.790. The second kappa shape index (κ2) is 4.43. The Balaban J connectivity index is 1.68. The van der Waals surface area contributed by atoms with Gasteiger partial charge in [-0.15, -0.1) is 0 Å². The minimum Gasteiger partial charge on any atom is -0.313 e. The monoisotopic (exact) mass is 182 g/mol. The van der Waals surface area contributed by atoms with Gasteiger partial charge < -0.3 is 10.2 Å². The lowest BCUT2D eigenvalue weighted by molar-refractivity contribution is 0.251. The van der Waals surface area contributed by atoms with Crippen LogP contribution in [0.15, 0.2) is 0 Å². The minimum atomic E-state index is 0.790. The Morgan fingerprint density at radius 3 is 2.62 bits per heavy atom. The van der Waals surface area contributed by atoms with Gasteiger partial charge in [0.15, 0.2) is 0 Å². The average Bonchev–Trinajstić information content (AvgIpc) is 2.80. The Bertz CT molecular complexity index is 148. The Morgan fingerprint density at radius 2 is 2.08 bits per heavy atom. The second-order valence-corrected chi connectivity index (χ2v) is 4.59. The van der Waals surface area contributed by atoms with Gasteiger partial charge in [0.1, 0.15) is 0 Å². The Hall–Kier alpha value is -0.0800. The smallest absolute Gasteiger partial charge is 0.0195 e. The Morgan fingerprint density at radius 1 is 1.23 bits per heavy atom. The van der Waals surface area contributed by atoms with Crippen molar-refractivity contribution >= 4 is 0 Å². The molecule has 76 valence electrons. The minimum absolute atomic E-state index is 0.790. The highest BCUT2D eigenvalue weighted by atomic mass is 15.2. The summed E-state index contributed by atoms with van der Waals surface area (Å²) in [5.74, 6) is 1.04. The van der Waals surface area contributed by atoms with Gasteiger partial charge in [0.2, 0.25) is 0 Å². The maximum absolute atomic E-state index is 3.57. The number of nitrogens with zero attached hydrogens (tertiary/aromatic N) is 1. The molecular weight excluding hydrogens is 160 g/mol. The van der Waals surface area contributed by atoms with Crippen LogP contribution in [0, 0.1) is 5.92 Å². The summed E-state index contributed by atoms with van der Waals surface area (Å²) in [5, 5.41) is 3.57. The molecular formula is C11H22N2. The topological polar surface area (TPSA) is 15.3 Å². The molecule has 1 atom stereocenters. The van der Waals surface area contributed by atoms with Gasteiger partial charge in [-0.25, -0.2) is 0 Å². The third-order valence-corrected chi connectivity index (χ3v) is 3.30. The van der Waals surface area contributed by atoms with Crippen molar-refractivity contribution in [2.45, 2.75) is 38.6 Å². The van der Waals surface area contributed by atoms with Crippen LogP contribution >= 0.6 is 0 Å². The highest BCUT2D eigenvalue weighted by molar-refractivity contribution is 4.81. The Labute approximate surface area is 81.7 Å². The van der Waals surface area contributed by atoms with Crippen molar-refractivity contribution in [2.75, 3.05) is 26.2 Å². The fourth-order valence-electron chi connectivity index (χ4n) is 2.22. The van der Waals surface area contributed by atoms with Crippen molar-refractivity contribution in [3.05, 3.63) is 0 Å². The third-order valence-electron chi connectivity index (χ3n) is 3.30. The van der Waals surface area contributed by atoms with Crippen LogP contribution in [-0.4, -0.2) is 37.1 Å². The average molecular weight is 182 g/mol. The summed E-state index contributed by atoms with van der Waals surface area (Å²) < 4.78 is 0. The maximum atomic E-state index is 3.57. The number of hydrogen-bond acceptors (Lipinski definition) is 2. The zero-order chi connectivity index (χ0) is 9.10. The molecule has 0 bridgehead atoms. The lowest BCUT2D eigenvalue weighted by atomic mass is 10.2. The molecule has 2 fully saturated rings. The van der Waals surface area contributed by atoms with Gasteiger partial charge in [-0.05, 0) is 44.7 Å². The molecule has 2 heteroatoms. The molecule has 0 aromatic heterocycles. The van der Waals surface area contributed by atoms with Gasteiger partial charge >= 0.3 is 0 Å². The largest absolute Gasteiger partial charge is 0.313 e. The first kappa shape index (κ1) is 9.47. The molecule has 1 unspecified atom stereocenters. The van der Waals surface area contributed by atoms with Gasteiger partial charge in [-0.1, -0.05) is 6.92 Å². The first-order chi connectivity index (χ1) is 6.38. The third kappa shape index (κ3) is 2.96. The molecule has 13 heavy (non-hydrogen) atoms. The highest BCUT2D eigenvalue weighted by Crippen LogP contribution is 2.29. The fourth-order valence-corrected chi connectivity index (χ4v) is 2.22. The normalized spacial score (nSPS) is 28.6. The van der Waals surface area contributed by atoms with E-state index in [0.717, 1.165) is 12.0 Å². The molecule has 1 aliphatic heterocycles. The molecule has 1 aliphatic carbocycles. The summed E-state index contributed by atoms with van der Waals surface area (Å²) in [6.07, 6.45) is 5.73. The molecule has 0 aromatic carbocycles. The van der Waals surface area contributed by atoms with Crippen molar-refractivity contribution in [3.8, 4) is 0 Å². The van der Waals surface area contributed by atoms with Crippen LogP contribution in [0.4, 0.5) is 0 Å². The number of likely N-dealkylation sites (N-methyl/N-ethyl adjacent to an activating group) is 1. The molecule has 2 rings (SSSR count).